The molecule has 14 rings (SSSR count). The fourth-order valence-electron chi connectivity index (χ4n) is 20.5. The first-order chi connectivity index (χ1) is 62.2. The van der Waals surface area contributed by atoms with Gasteiger partial charge in [0.2, 0.25) is 0 Å². The lowest BCUT2D eigenvalue weighted by Crippen LogP contribution is -2.55. The summed E-state index contributed by atoms with van der Waals surface area (Å²) in [6.07, 6.45) is 40.4. The van der Waals surface area contributed by atoms with Crippen LogP contribution in [0, 0.1) is 37.0 Å². The molecule has 12 heteroatoms. The van der Waals surface area contributed by atoms with Crippen LogP contribution < -0.4 is 14.2 Å². The monoisotopic (exact) mass is 1780 g/mol. The zero-order valence-electron chi connectivity index (χ0n) is 84.0. The lowest BCUT2D eigenvalue weighted by molar-refractivity contribution is -0.0797. The van der Waals surface area contributed by atoms with Crippen LogP contribution in [0.25, 0.3) is 22.3 Å². The minimum Gasteiger partial charge on any atom is -0.508 e. The molecule has 131 heavy (non-hydrogen) atoms. The fraction of sp³-hybridized carbons (Fsp3) is 0.496. The zero-order valence-corrected chi connectivity index (χ0v) is 84.0. The predicted octanol–water partition coefficient (Wildman–Crippen LogP) is 32.1. The first-order valence-electron chi connectivity index (χ1n) is 49.6. The molecule has 3 aliphatic heterocycles. The number of aromatic hydroxyl groups is 9. The van der Waals surface area contributed by atoms with E-state index in [0.29, 0.717) is 70.1 Å². The number of fused-ring (bicyclic) bond motifs is 8. The number of aryl methyl sites for hydroxylation is 8. The highest BCUT2D eigenvalue weighted by Gasteiger charge is 2.65. The Labute approximate surface area is 788 Å². The van der Waals surface area contributed by atoms with Crippen LogP contribution in [-0.2, 0) is 62.6 Å². The second-order valence-corrected chi connectivity index (χ2v) is 40.6. The normalized spacial score (nSPS) is 18.0. The van der Waals surface area contributed by atoms with Crippen molar-refractivity contribution in [3.63, 3.8) is 0 Å². The predicted molar refractivity (Wildman–Crippen MR) is 546 cm³/mol. The maximum absolute atomic E-state index is 10.7. The van der Waals surface area contributed by atoms with Gasteiger partial charge in [0.15, 0.2) is 0 Å². The molecule has 0 unspecified atom stereocenters. The largest absolute Gasteiger partial charge is 0.508 e. The summed E-state index contributed by atoms with van der Waals surface area (Å²) in [4.78, 5) is 0. The van der Waals surface area contributed by atoms with Gasteiger partial charge in [0.1, 0.15) is 86.3 Å². The summed E-state index contributed by atoms with van der Waals surface area (Å²) in [5, 5.41) is 93.1. The Hall–Kier alpha value is -10.2. The number of phenolic OH excluding ortho intramolecular Hbond substituents is 9. The van der Waals surface area contributed by atoms with Crippen molar-refractivity contribution in [1.29, 1.82) is 0 Å². The number of ether oxygens (including phenoxy) is 3. The van der Waals surface area contributed by atoms with Crippen LogP contribution in [0.15, 0.2) is 180 Å². The molecule has 2 fully saturated rings. The number of benzene rings is 8. The zero-order chi connectivity index (χ0) is 95.9. The minimum absolute atomic E-state index is 0.0203. The molecule has 0 aromatic heterocycles. The van der Waals surface area contributed by atoms with Crippen LogP contribution in [-0.4, -0.2) is 52.1 Å². The van der Waals surface area contributed by atoms with E-state index in [4.69, 9.17) is 14.2 Å². The molecule has 0 amide bonds. The highest BCUT2D eigenvalue weighted by atomic mass is 16.5. The Kier molecular flexibility index (Phi) is 38.2. The van der Waals surface area contributed by atoms with Crippen molar-refractivity contribution >= 4 is 0 Å². The third-order valence-corrected chi connectivity index (χ3v) is 27.5. The van der Waals surface area contributed by atoms with Gasteiger partial charge < -0.3 is 60.2 Å². The molecular formula is C119H162O12. The van der Waals surface area contributed by atoms with E-state index in [0.717, 1.165) is 205 Å². The summed E-state index contributed by atoms with van der Waals surface area (Å²) in [6.45, 7) is 51.0. The Morgan fingerprint density at radius 1 is 0.405 bits per heavy atom. The molecule has 8 aromatic carbocycles. The van der Waals surface area contributed by atoms with Gasteiger partial charge in [-0.1, -0.05) is 231 Å². The van der Waals surface area contributed by atoms with Crippen molar-refractivity contribution in [2.45, 2.75) is 361 Å². The van der Waals surface area contributed by atoms with Gasteiger partial charge in [-0.2, -0.15) is 0 Å². The average Bonchev–Trinajstić information content (AvgIpc) is 1.57. The molecule has 6 atom stereocenters. The van der Waals surface area contributed by atoms with Crippen LogP contribution in [0.3, 0.4) is 0 Å². The Bertz CT molecular complexity index is 5280. The first kappa shape index (κ1) is 105. The van der Waals surface area contributed by atoms with E-state index in [9.17, 15) is 46.0 Å². The summed E-state index contributed by atoms with van der Waals surface area (Å²) < 4.78 is 18.8. The van der Waals surface area contributed by atoms with Crippen molar-refractivity contribution in [2.75, 3.05) is 0 Å². The SMILES string of the molecule is C=C(C)[C@@H]1CCC(C)=C[C@H]1c1c(O)cc(CCC)cc1O.CCCCCc1cc(O)c(C/C=C(\C)CCC=C(C)C)c(O)c1.CCCCCc1cc(O)c2c(c1)OC(C)(C)c1ccc(C)cc1-2.CCCCCc1cc(O)c2c(c1)O[C@@H]1CC[C@H]3[C@@H]1[C@@H]2C3(C)C.CCCc1cc(O)c(C/C=C(\C)CCC=C(C)C)c(O)c1.CCCc1cc(O)c2c(c1)OC(C)(C)c1ccc(C)cc1-2. The van der Waals surface area contributed by atoms with E-state index in [1.807, 2.05) is 25.1 Å². The maximum atomic E-state index is 10.7. The molecule has 6 aliphatic rings. The van der Waals surface area contributed by atoms with Gasteiger partial charge in [-0.05, 0) is 353 Å². The Morgan fingerprint density at radius 3 is 1.16 bits per heavy atom. The molecule has 710 valence electrons. The maximum Gasteiger partial charge on any atom is 0.132 e. The summed E-state index contributed by atoms with van der Waals surface area (Å²) >= 11 is 0. The third kappa shape index (κ3) is 27.5. The van der Waals surface area contributed by atoms with Crippen LogP contribution in [0.1, 0.15) is 357 Å². The summed E-state index contributed by atoms with van der Waals surface area (Å²) in [7, 11) is 0. The second kappa shape index (κ2) is 47.9. The summed E-state index contributed by atoms with van der Waals surface area (Å²) in [5.41, 5.74) is 25.2. The van der Waals surface area contributed by atoms with Gasteiger partial charge in [-0.3, -0.25) is 0 Å². The van der Waals surface area contributed by atoms with Crippen molar-refractivity contribution < 1.29 is 60.2 Å². The highest BCUT2D eigenvalue weighted by molar-refractivity contribution is 5.84. The fourth-order valence-corrected chi connectivity index (χ4v) is 20.5. The second-order valence-electron chi connectivity index (χ2n) is 40.6. The van der Waals surface area contributed by atoms with Gasteiger partial charge >= 0.3 is 0 Å². The van der Waals surface area contributed by atoms with Crippen LogP contribution >= 0.6 is 0 Å². The van der Waals surface area contributed by atoms with Gasteiger partial charge in [-0.15, -0.1) is 0 Å². The number of unbranched alkanes of at least 4 members (excludes halogenated alkanes) is 6. The van der Waals surface area contributed by atoms with Crippen LogP contribution in [0.4, 0.5) is 0 Å². The van der Waals surface area contributed by atoms with Crippen molar-refractivity contribution in [2.24, 2.45) is 23.2 Å². The number of hydrogen-bond acceptors (Lipinski definition) is 12. The number of phenols is 9. The van der Waals surface area contributed by atoms with E-state index >= 15 is 0 Å². The molecule has 0 spiro atoms. The van der Waals surface area contributed by atoms with E-state index in [1.54, 1.807) is 36.4 Å². The Morgan fingerprint density at radius 2 is 0.771 bits per heavy atom. The first-order valence-corrected chi connectivity index (χ1v) is 49.6. The van der Waals surface area contributed by atoms with Gasteiger partial charge in [0, 0.05) is 51.1 Å². The molecule has 0 saturated heterocycles. The molecule has 12 nitrogen and oxygen atoms in total. The topological polar surface area (TPSA) is 210 Å². The highest BCUT2D eigenvalue weighted by Crippen LogP contribution is 2.71. The third-order valence-electron chi connectivity index (χ3n) is 27.5. The lowest BCUT2D eigenvalue weighted by Gasteiger charge is -2.59. The number of hydrogen-bond donors (Lipinski definition) is 9. The van der Waals surface area contributed by atoms with Crippen molar-refractivity contribution in [3.05, 3.63) is 257 Å². The summed E-state index contributed by atoms with van der Waals surface area (Å²) in [6, 6.07) is 35.6. The number of rotatable bonds is 30. The smallest absolute Gasteiger partial charge is 0.132 e. The van der Waals surface area contributed by atoms with E-state index in [2.05, 4.69) is 237 Å². The molecule has 8 aromatic rings. The van der Waals surface area contributed by atoms with Gasteiger partial charge in [-0.25, -0.2) is 0 Å². The molecule has 3 heterocycles. The lowest BCUT2D eigenvalue weighted by atomic mass is 9.46. The molecular weight excluding hydrogens is 1620 g/mol. The quantitative estimate of drug-likeness (QED) is 0.0152. The molecule has 3 aliphatic carbocycles. The summed E-state index contributed by atoms with van der Waals surface area (Å²) in [5.74, 6) is 7.15. The van der Waals surface area contributed by atoms with Crippen molar-refractivity contribution in [3.8, 4) is 91.2 Å². The molecule has 0 radical (unpaired) electrons. The van der Waals surface area contributed by atoms with Crippen LogP contribution in [0.2, 0.25) is 0 Å². The van der Waals surface area contributed by atoms with Crippen molar-refractivity contribution in [1.82, 2.24) is 0 Å². The van der Waals surface area contributed by atoms with E-state index in [1.165, 1.54) is 102 Å². The van der Waals surface area contributed by atoms with E-state index < -0.39 is 0 Å². The van der Waals surface area contributed by atoms with Crippen LogP contribution in [0.5, 0.6) is 69.0 Å². The standard InChI is InChI=1S/C21H26O2.C21H32O2.C20H28O2.C19H22O2.C19H26O2.C19H28O2/c1-5-6-7-8-15-12-18(22)20-16-11-14(2)9-10-17(16)21(3,4)23-19(20)13-15;1-5-6-7-11-18-14-20(22)19(21(23)15-18)13-12-17(4)10-8-9-16(2)3;1-4-5-6-7-12-10-14(21)18-16(11-12)22-15-9-8-13-17(15)19(18)20(13,2)3;1-5-6-13-10-16(20)18-14-9-12(2)7-8-15(14)19(3,4)21-17(18)11-13;1-5-6-14-10-17(20)19(18(21)11-14)16-9-13(4)7-8-15(16)12(2)3;1-5-7-16-12-18(20)17(19(21)13-16)11-10-15(4)9-6-8-14(2)3/h9-13,22H,5-8H2,1-4H3;9,12,14-15,22-23H,5-8,10-11,13H2,1-4H3;10-11,13,15,17,19,21H,4-9H2,1-3H3;7-11,20H,5-6H2,1-4H3;9-11,15-16,20-21H,2,5-8H2,1,3-4H3;8,10,12-13,20-21H,5-7,9,11H2,1-4H3/b;17-12+;;;;15-10+/t;;13-,15+,17-,19-;;15-,16+;/m..0.0./s1. The number of allylic oxidation sites excluding steroid dienone is 11. The van der Waals surface area contributed by atoms with E-state index in [-0.39, 0.29) is 57.5 Å². The minimum atomic E-state index is -0.384. The molecule has 2 saturated carbocycles. The molecule has 9 N–H and O–H groups in total. The van der Waals surface area contributed by atoms with Gasteiger partial charge in [0.25, 0.3) is 0 Å². The molecule has 0 bridgehead atoms. The van der Waals surface area contributed by atoms with Gasteiger partial charge in [0.05, 0.1) is 11.1 Å². The Balaban J connectivity index is 0.000000177. The average molecular weight is 1780 g/mol.